The highest BCUT2D eigenvalue weighted by Gasteiger charge is 2.04. The van der Waals surface area contributed by atoms with E-state index in [4.69, 9.17) is 4.74 Å². The molecule has 2 rings (SSSR count). The van der Waals surface area contributed by atoms with Gasteiger partial charge in [0.15, 0.2) is 5.96 Å². The molecule has 1 amide bonds. The van der Waals surface area contributed by atoms with Crippen LogP contribution < -0.4 is 20.7 Å². The summed E-state index contributed by atoms with van der Waals surface area (Å²) in [4.78, 5) is 15.8. The van der Waals surface area contributed by atoms with Crippen molar-refractivity contribution in [2.24, 2.45) is 4.99 Å². The zero-order valence-electron chi connectivity index (χ0n) is 16.0. The van der Waals surface area contributed by atoms with Crippen LogP contribution in [0.1, 0.15) is 15.9 Å². The summed E-state index contributed by atoms with van der Waals surface area (Å²) in [7, 11) is 3.30. The van der Waals surface area contributed by atoms with Crippen LogP contribution in [0.15, 0.2) is 53.5 Å². The quantitative estimate of drug-likeness (QED) is 0.226. The summed E-state index contributed by atoms with van der Waals surface area (Å²) in [6.45, 7) is 1.59. The van der Waals surface area contributed by atoms with Gasteiger partial charge >= 0.3 is 0 Å². The number of carbonyl (C=O) groups excluding carboxylic acids is 1. The topological polar surface area (TPSA) is 74.8 Å². The highest BCUT2D eigenvalue weighted by atomic mass is 127. The van der Waals surface area contributed by atoms with E-state index >= 15 is 0 Å². The van der Waals surface area contributed by atoms with Crippen LogP contribution in [0.5, 0.6) is 5.75 Å². The lowest BCUT2D eigenvalue weighted by atomic mass is 10.1. The number of benzene rings is 2. The van der Waals surface area contributed by atoms with Crippen molar-refractivity contribution in [3.63, 3.8) is 0 Å². The van der Waals surface area contributed by atoms with Crippen LogP contribution >= 0.6 is 24.0 Å². The molecule has 2 aromatic rings. The normalized spacial score (nSPS) is 10.6. The Morgan fingerprint density at radius 3 is 2.57 bits per heavy atom. The van der Waals surface area contributed by atoms with Gasteiger partial charge in [0.1, 0.15) is 18.2 Å². The number of amides is 1. The molecule has 0 unspecified atom stereocenters. The molecule has 0 aliphatic carbocycles. The number of nitrogens with one attached hydrogen (secondary N) is 3. The van der Waals surface area contributed by atoms with E-state index in [0.29, 0.717) is 37.0 Å². The SMILES string of the molecule is CN=C(NCCOc1cccc(F)c1)NCCc1cccc(C(=O)NC)c1.I. The third-order valence-corrected chi connectivity index (χ3v) is 3.81. The zero-order chi connectivity index (χ0) is 19.5. The minimum absolute atomic E-state index is 0. The van der Waals surface area contributed by atoms with Crippen LogP contribution in [0.25, 0.3) is 0 Å². The number of aliphatic imine (C=N–C) groups is 1. The first-order chi connectivity index (χ1) is 13.1. The molecule has 0 aromatic heterocycles. The summed E-state index contributed by atoms with van der Waals surface area (Å²) >= 11 is 0. The standard InChI is InChI=1S/C20H25FN4O2.HI/c1-22-19(26)16-6-3-5-15(13-16)9-10-24-20(23-2)25-11-12-27-18-8-4-7-17(21)14-18;/h3-8,13-14H,9-12H2,1-2H3,(H,22,26)(H2,23,24,25);1H. The van der Waals surface area contributed by atoms with Gasteiger partial charge in [-0.2, -0.15) is 0 Å². The number of carbonyl (C=O) groups is 1. The molecular weight excluding hydrogens is 474 g/mol. The molecule has 152 valence electrons. The maximum absolute atomic E-state index is 13.1. The Balaban J connectivity index is 0.00000392. The largest absolute Gasteiger partial charge is 0.492 e. The van der Waals surface area contributed by atoms with E-state index in [0.717, 1.165) is 12.0 Å². The van der Waals surface area contributed by atoms with E-state index in [1.54, 1.807) is 32.3 Å². The second-order valence-corrected chi connectivity index (χ2v) is 5.76. The van der Waals surface area contributed by atoms with Crippen molar-refractivity contribution in [2.45, 2.75) is 6.42 Å². The van der Waals surface area contributed by atoms with Crippen molar-refractivity contribution >= 4 is 35.8 Å². The number of ether oxygens (including phenoxy) is 1. The minimum Gasteiger partial charge on any atom is -0.492 e. The number of halogens is 2. The van der Waals surface area contributed by atoms with Gasteiger partial charge in [0.2, 0.25) is 0 Å². The van der Waals surface area contributed by atoms with Crippen LogP contribution in [-0.2, 0) is 6.42 Å². The number of rotatable bonds is 8. The molecule has 0 saturated heterocycles. The Morgan fingerprint density at radius 1 is 1.11 bits per heavy atom. The summed E-state index contributed by atoms with van der Waals surface area (Å²) in [5.74, 6) is 0.732. The van der Waals surface area contributed by atoms with Gasteiger partial charge in [-0.3, -0.25) is 9.79 Å². The number of hydrogen-bond donors (Lipinski definition) is 3. The molecule has 0 atom stereocenters. The Bertz CT molecular complexity index is 786. The Labute approximate surface area is 182 Å². The fourth-order valence-corrected chi connectivity index (χ4v) is 2.45. The average Bonchev–Trinajstić information content (AvgIpc) is 2.69. The second-order valence-electron chi connectivity index (χ2n) is 5.76. The van der Waals surface area contributed by atoms with Crippen LogP contribution in [0.2, 0.25) is 0 Å². The highest BCUT2D eigenvalue weighted by Crippen LogP contribution is 2.11. The maximum atomic E-state index is 13.1. The first-order valence-electron chi connectivity index (χ1n) is 8.76. The predicted octanol–water partition coefficient (Wildman–Crippen LogP) is 2.59. The Morgan fingerprint density at radius 2 is 1.86 bits per heavy atom. The third-order valence-electron chi connectivity index (χ3n) is 3.81. The van der Waals surface area contributed by atoms with Gasteiger partial charge in [-0.15, -0.1) is 24.0 Å². The number of hydrogen-bond acceptors (Lipinski definition) is 3. The van der Waals surface area contributed by atoms with Crippen molar-refractivity contribution in [2.75, 3.05) is 33.8 Å². The lowest BCUT2D eigenvalue weighted by Gasteiger charge is -2.13. The van der Waals surface area contributed by atoms with Crippen LogP contribution in [0, 0.1) is 5.82 Å². The molecule has 0 radical (unpaired) electrons. The summed E-state index contributed by atoms with van der Waals surface area (Å²) < 4.78 is 18.6. The van der Waals surface area contributed by atoms with E-state index in [-0.39, 0.29) is 35.7 Å². The molecule has 0 spiro atoms. The molecule has 0 fully saturated rings. The monoisotopic (exact) mass is 500 g/mol. The maximum Gasteiger partial charge on any atom is 0.251 e. The fraction of sp³-hybridized carbons (Fsp3) is 0.300. The highest BCUT2D eigenvalue weighted by molar-refractivity contribution is 14.0. The lowest BCUT2D eigenvalue weighted by Crippen LogP contribution is -2.40. The second kappa shape index (κ2) is 12.9. The molecule has 0 bridgehead atoms. The first kappa shape index (κ1) is 23.7. The van der Waals surface area contributed by atoms with Crippen LogP contribution in [-0.4, -0.2) is 45.7 Å². The fourth-order valence-electron chi connectivity index (χ4n) is 2.45. The molecule has 8 heteroatoms. The molecule has 0 saturated carbocycles. The van der Waals surface area contributed by atoms with E-state index in [1.807, 2.05) is 18.2 Å². The molecule has 2 aromatic carbocycles. The molecule has 0 heterocycles. The average molecular weight is 500 g/mol. The summed E-state index contributed by atoms with van der Waals surface area (Å²) in [5.41, 5.74) is 1.71. The summed E-state index contributed by atoms with van der Waals surface area (Å²) in [5, 5.41) is 8.97. The minimum atomic E-state index is -0.321. The Kier molecular flexibility index (Phi) is 10.9. The molecule has 3 N–H and O–H groups in total. The van der Waals surface area contributed by atoms with Gasteiger partial charge in [-0.25, -0.2) is 4.39 Å². The summed E-state index contributed by atoms with van der Waals surface area (Å²) in [6.07, 6.45) is 0.755. The molecule has 0 aliphatic rings. The smallest absolute Gasteiger partial charge is 0.251 e. The van der Waals surface area contributed by atoms with Gasteiger partial charge in [-0.05, 0) is 36.2 Å². The van der Waals surface area contributed by atoms with E-state index < -0.39 is 0 Å². The van der Waals surface area contributed by atoms with Gasteiger partial charge in [0.05, 0.1) is 6.54 Å². The third kappa shape index (κ3) is 8.12. The molecule has 0 aliphatic heterocycles. The first-order valence-corrected chi connectivity index (χ1v) is 8.76. The van der Waals surface area contributed by atoms with Crippen LogP contribution in [0.3, 0.4) is 0 Å². The van der Waals surface area contributed by atoms with Gasteiger partial charge < -0.3 is 20.7 Å². The van der Waals surface area contributed by atoms with Gasteiger partial charge in [-0.1, -0.05) is 18.2 Å². The molecular formula is C20H26FIN4O2. The van der Waals surface area contributed by atoms with Crippen molar-refractivity contribution in [1.82, 2.24) is 16.0 Å². The van der Waals surface area contributed by atoms with E-state index in [9.17, 15) is 9.18 Å². The van der Waals surface area contributed by atoms with Crippen molar-refractivity contribution in [1.29, 1.82) is 0 Å². The molecule has 6 nitrogen and oxygen atoms in total. The van der Waals surface area contributed by atoms with E-state index in [2.05, 4.69) is 20.9 Å². The predicted molar refractivity (Wildman–Crippen MR) is 120 cm³/mol. The van der Waals surface area contributed by atoms with Crippen molar-refractivity contribution in [3.05, 3.63) is 65.5 Å². The lowest BCUT2D eigenvalue weighted by molar-refractivity contribution is 0.0963. The van der Waals surface area contributed by atoms with Crippen molar-refractivity contribution in [3.8, 4) is 5.75 Å². The summed E-state index contributed by atoms with van der Waals surface area (Å²) in [6, 6.07) is 13.6. The number of guanidine groups is 1. The molecule has 28 heavy (non-hydrogen) atoms. The van der Waals surface area contributed by atoms with Crippen LogP contribution in [0.4, 0.5) is 4.39 Å². The van der Waals surface area contributed by atoms with Gasteiger partial charge in [0.25, 0.3) is 5.91 Å². The number of nitrogens with zero attached hydrogens (tertiary/aromatic N) is 1. The van der Waals surface area contributed by atoms with Crippen molar-refractivity contribution < 1.29 is 13.9 Å². The van der Waals surface area contributed by atoms with E-state index in [1.165, 1.54) is 12.1 Å². The van der Waals surface area contributed by atoms with Gasteiger partial charge in [0, 0.05) is 32.3 Å². The Hall–Kier alpha value is -2.36. The zero-order valence-corrected chi connectivity index (χ0v) is 18.3.